The molecule has 0 aliphatic carbocycles. The molecule has 0 spiro atoms. The van der Waals surface area contributed by atoms with E-state index in [2.05, 4.69) is 120 Å². The summed E-state index contributed by atoms with van der Waals surface area (Å²) < 4.78 is 0. The molecule has 1 radical (unpaired) electrons. The Kier molecular flexibility index (Phi) is 17.9. The third-order valence-corrected chi connectivity index (χ3v) is 7.97. The normalized spacial score (nSPS) is 11.2. The summed E-state index contributed by atoms with van der Waals surface area (Å²) in [5.41, 5.74) is 7.08. The first-order chi connectivity index (χ1) is 22.1. The van der Waals surface area contributed by atoms with Crippen LogP contribution >= 0.6 is 17.0 Å². The smallest absolute Gasteiger partial charge is 0.124 e. The fourth-order valence-electron chi connectivity index (χ4n) is 4.84. The number of hydrogen-bond donors (Lipinski definition) is 2. The number of aromatic hydroxyl groups is 2. The minimum absolute atomic E-state index is 0. The summed E-state index contributed by atoms with van der Waals surface area (Å²) in [5.74, 6) is 0.348. The van der Waals surface area contributed by atoms with Gasteiger partial charge in [0.2, 0.25) is 0 Å². The van der Waals surface area contributed by atoms with E-state index in [4.69, 9.17) is 0 Å². The van der Waals surface area contributed by atoms with Gasteiger partial charge in [0.25, 0.3) is 0 Å². The van der Waals surface area contributed by atoms with Gasteiger partial charge in [-0.2, -0.15) is 36.7 Å². The Labute approximate surface area is 324 Å². The second-order valence-electron chi connectivity index (χ2n) is 16.3. The van der Waals surface area contributed by atoms with Crippen molar-refractivity contribution in [2.24, 2.45) is 0 Å². The van der Waals surface area contributed by atoms with Crippen molar-refractivity contribution in [1.29, 1.82) is 0 Å². The summed E-state index contributed by atoms with van der Waals surface area (Å²) >= 11 is 0. The van der Waals surface area contributed by atoms with Crippen molar-refractivity contribution in [2.45, 2.75) is 105 Å². The van der Waals surface area contributed by atoms with Crippen molar-refractivity contribution in [2.75, 3.05) is 0 Å². The first-order valence-corrected chi connectivity index (χ1v) is 16.6. The fourth-order valence-corrected chi connectivity index (χ4v) is 4.84. The Morgan fingerprint density at radius 1 is 0.480 bits per heavy atom. The van der Waals surface area contributed by atoms with Crippen LogP contribution in [0.4, 0.5) is 0 Å². The van der Waals surface area contributed by atoms with Gasteiger partial charge in [0.05, 0.1) is 0 Å². The van der Waals surface area contributed by atoms with Crippen molar-refractivity contribution in [3.8, 4) is 11.5 Å². The third-order valence-electron chi connectivity index (χ3n) is 7.97. The van der Waals surface area contributed by atoms with Gasteiger partial charge in [-0.05, 0) is 56.0 Å². The number of halogens is 1. The molecule has 4 aromatic rings. The summed E-state index contributed by atoms with van der Waals surface area (Å²) in [6.45, 7) is 25.0. The van der Waals surface area contributed by atoms with Gasteiger partial charge in [0, 0.05) is 27.9 Å². The maximum Gasteiger partial charge on any atom is 0.124 e. The Morgan fingerprint density at radius 2 is 0.760 bits per heavy atom. The molecule has 4 aromatic carbocycles. The van der Waals surface area contributed by atoms with Crippen LogP contribution in [-0.4, -0.2) is 22.6 Å². The zero-order valence-corrected chi connectivity index (χ0v) is 34.7. The van der Waals surface area contributed by atoms with Gasteiger partial charge in [-0.25, -0.2) is 24.0 Å². The largest absolute Gasteiger partial charge is 0.810 e. The molecule has 4 rings (SSSR count). The van der Waals surface area contributed by atoms with E-state index in [1.54, 1.807) is 0 Å². The number of benzene rings is 4. The van der Waals surface area contributed by atoms with Crippen LogP contribution in [0.25, 0.3) is 10.8 Å². The fraction of sp³-hybridized carbons (Fsp3) is 0.364. The Morgan fingerprint density at radius 3 is 0.980 bits per heavy atom. The molecular weight excluding hydrogens is 727 g/mol. The summed E-state index contributed by atoms with van der Waals surface area (Å²) in [6.07, 6.45) is 6.18. The number of hydrogen-bond acceptors (Lipinski definition) is 2. The van der Waals surface area contributed by atoms with E-state index >= 15 is 0 Å². The van der Waals surface area contributed by atoms with Gasteiger partial charge >= 0.3 is 0 Å². The average Bonchev–Trinajstić information content (AvgIpc) is 2.99. The molecule has 0 amide bonds. The van der Waals surface area contributed by atoms with Crippen LogP contribution in [-0.2, 0) is 38.4 Å². The van der Waals surface area contributed by atoms with Crippen LogP contribution in [0.1, 0.15) is 128 Å². The molecule has 0 heterocycles. The maximum absolute atomic E-state index is 10.1. The van der Waals surface area contributed by atoms with Crippen LogP contribution in [0.15, 0.2) is 84.9 Å². The molecule has 275 valence electrons. The molecule has 0 fully saturated rings. The Hall–Kier alpha value is -3.45. The molecule has 0 aromatic heterocycles. The predicted octanol–water partition coefficient (Wildman–Crippen LogP) is 12.0. The first kappa shape index (κ1) is 46.5. The minimum atomic E-state index is -0.150. The van der Waals surface area contributed by atoms with E-state index in [9.17, 15) is 21.0 Å². The van der Waals surface area contributed by atoms with Gasteiger partial charge in [-0.15, -0.1) is 41.2 Å². The van der Waals surface area contributed by atoms with Gasteiger partial charge < -0.3 is 21.0 Å². The van der Waals surface area contributed by atoms with Crippen LogP contribution in [0.2, 0.25) is 0 Å². The van der Waals surface area contributed by atoms with E-state index < -0.39 is 0 Å². The molecule has 0 aliphatic heterocycles. The van der Waals surface area contributed by atoms with Crippen LogP contribution in [0.3, 0.4) is 0 Å². The second kappa shape index (κ2) is 19.2. The van der Waals surface area contributed by atoms with Crippen molar-refractivity contribution in [1.82, 2.24) is 0 Å². The van der Waals surface area contributed by atoms with Crippen molar-refractivity contribution >= 4 is 29.4 Å². The maximum atomic E-state index is 10.1. The molecule has 0 bridgehead atoms. The van der Waals surface area contributed by atoms with Crippen LogP contribution in [0, 0.1) is 12.8 Å². The average molecular weight is 785 g/mol. The Bertz CT molecular complexity index is 1520. The monoisotopic (exact) mass is 783 g/mol. The van der Waals surface area contributed by atoms with Crippen molar-refractivity contribution in [3.05, 3.63) is 153 Å². The quantitative estimate of drug-likeness (QED) is 0.156. The zero-order chi connectivity index (χ0) is 36.5. The molecule has 0 saturated heterocycles. The minimum Gasteiger partial charge on any atom is -0.810 e. The van der Waals surface area contributed by atoms with Gasteiger partial charge in [-0.3, -0.25) is 0 Å². The van der Waals surface area contributed by atoms with E-state index in [1.165, 1.54) is 11.1 Å². The SMILES string of the molecule is Br.CC(C)(C)c1cc(C=[N-])c(O)c(C(C)(C)C)c1.CC(C)(C)c1cc(C=[N-])c(O)c(C(C)(C)C)c1.[Co].c1ccc([CH-][CH-]c2ccccc2)cc1. The van der Waals surface area contributed by atoms with Gasteiger partial charge in [-0.1, -0.05) is 107 Å². The molecule has 0 aliphatic rings. The molecule has 6 heteroatoms. The molecule has 4 nitrogen and oxygen atoms in total. The van der Waals surface area contributed by atoms with Gasteiger partial charge in [0.1, 0.15) is 11.5 Å². The predicted molar refractivity (Wildman–Crippen MR) is 218 cm³/mol. The summed E-state index contributed by atoms with van der Waals surface area (Å²) in [4.78, 5) is 0. The summed E-state index contributed by atoms with van der Waals surface area (Å²) in [7, 11) is 0. The zero-order valence-electron chi connectivity index (χ0n) is 31.9. The summed E-state index contributed by atoms with van der Waals surface area (Å²) in [6, 6.07) is 28.4. The van der Waals surface area contributed by atoms with E-state index in [0.717, 1.165) is 34.7 Å². The number of phenols is 2. The van der Waals surface area contributed by atoms with E-state index in [-0.39, 0.29) is 66.9 Å². The topological polar surface area (TPSA) is 85.1 Å². The summed E-state index contributed by atoms with van der Waals surface area (Å²) in [5, 5.41) is 38.7. The van der Waals surface area contributed by atoms with Crippen molar-refractivity contribution < 1.29 is 27.0 Å². The molecule has 0 atom stereocenters. The Balaban J connectivity index is 0.000000709. The third kappa shape index (κ3) is 14.0. The van der Waals surface area contributed by atoms with Crippen LogP contribution < -0.4 is 0 Å². The number of rotatable bonds is 5. The van der Waals surface area contributed by atoms with E-state index in [0.29, 0.717) is 11.1 Å². The second-order valence-corrected chi connectivity index (χ2v) is 16.3. The van der Waals surface area contributed by atoms with Crippen LogP contribution in [0.5, 0.6) is 11.5 Å². The number of nitrogens with zero attached hydrogens (tertiary/aromatic N) is 2. The number of phenolic OH excluding ortho intramolecular Hbond substituents is 2. The van der Waals surface area contributed by atoms with E-state index in [1.807, 2.05) is 60.7 Å². The van der Waals surface area contributed by atoms with Gasteiger partial charge in [0.15, 0.2) is 0 Å². The standard InChI is InChI=1S/2C15H22NO.C14H12.BrH.Co/c2*1-14(2,3)11-7-10(9-16)13(17)12(8-11)15(4,5)6;1-3-7-13(8-4-1)11-12-14-9-5-2-6-10-14;;/h2*7-9,17H,1-6H3;1-12H;1H;/q2*-1;-2;;. The molecule has 2 N–H and O–H groups in total. The molecule has 50 heavy (non-hydrogen) atoms. The molecular formula is C44H57BrCoN2O2-4. The molecule has 0 saturated carbocycles. The van der Waals surface area contributed by atoms with Crippen molar-refractivity contribution in [3.63, 3.8) is 0 Å². The molecule has 0 unspecified atom stereocenters. The first-order valence-electron chi connectivity index (χ1n) is 16.6.